The van der Waals surface area contributed by atoms with E-state index in [4.69, 9.17) is 10.5 Å². The van der Waals surface area contributed by atoms with E-state index in [1.807, 2.05) is 17.5 Å². The van der Waals surface area contributed by atoms with E-state index in [0.29, 0.717) is 17.2 Å². The average molecular weight is 249 g/mol. The highest BCUT2D eigenvalue weighted by molar-refractivity contribution is 7.14. The van der Waals surface area contributed by atoms with Crippen LogP contribution in [-0.2, 0) is 4.74 Å². The highest BCUT2D eigenvalue weighted by atomic mass is 32.1. The minimum absolute atomic E-state index is 0.343. The number of esters is 1. The van der Waals surface area contributed by atoms with Gasteiger partial charge in [0, 0.05) is 23.1 Å². The minimum Gasteiger partial charge on any atom is -0.462 e. The number of pyridine rings is 1. The van der Waals surface area contributed by atoms with Crippen LogP contribution in [0, 0.1) is 0 Å². The fourth-order valence-corrected chi connectivity index (χ4v) is 2.38. The Morgan fingerprint density at radius 2 is 2.18 bits per heavy atom. The van der Waals surface area contributed by atoms with E-state index in [2.05, 4.69) is 4.98 Å². The van der Waals surface area contributed by atoms with Crippen LogP contribution in [0.25, 0.3) is 11.1 Å². The Bertz CT molecular complexity index is 523. The van der Waals surface area contributed by atoms with Gasteiger partial charge in [0.1, 0.15) is 10.6 Å². The lowest BCUT2D eigenvalue weighted by Crippen LogP contribution is -2.07. The summed E-state index contributed by atoms with van der Waals surface area (Å²) in [7, 11) is 0. The average Bonchev–Trinajstić information content (AvgIpc) is 2.73. The molecule has 3 N–H and O–H groups in total. The standard InChI is InChI=1S/C12H12N2O2S/c1-2-16-12(15)10-9(7-17-11(10)13)8-3-5-14-6-4-8/h3-7H,2,13H2,1H3/p+1. The number of ether oxygens (including phenoxy) is 1. The summed E-state index contributed by atoms with van der Waals surface area (Å²) in [5, 5.41) is 2.36. The molecule has 0 atom stereocenters. The third-order valence-electron chi connectivity index (χ3n) is 2.33. The number of aromatic nitrogens is 1. The van der Waals surface area contributed by atoms with Crippen molar-refractivity contribution in [3.8, 4) is 11.1 Å². The fourth-order valence-electron chi connectivity index (χ4n) is 1.57. The number of aromatic amines is 1. The van der Waals surface area contributed by atoms with E-state index in [1.54, 1.807) is 19.3 Å². The number of nitrogens with one attached hydrogen (secondary N) is 1. The quantitative estimate of drug-likeness (QED) is 0.846. The predicted molar refractivity (Wildman–Crippen MR) is 66.7 cm³/mol. The molecule has 2 aromatic rings. The van der Waals surface area contributed by atoms with Crippen LogP contribution in [0.2, 0.25) is 0 Å². The van der Waals surface area contributed by atoms with Crippen molar-refractivity contribution in [2.45, 2.75) is 6.92 Å². The van der Waals surface area contributed by atoms with Crippen LogP contribution in [0.1, 0.15) is 17.3 Å². The highest BCUT2D eigenvalue weighted by Gasteiger charge is 2.19. The first-order chi connectivity index (χ1) is 8.24. The van der Waals surface area contributed by atoms with Crippen LogP contribution in [0.4, 0.5) is 5.00 Å². The first kappa shape index (κ1) is 11.6. The molecule has 0 amide bonds. The molecular weight excluding hydrogens is 236 g/mol. The summed E-state index contributed by atoms with van der Waals surface area (Å²) in [5.74, 6) is -0.367. The Morgan fingerprint density at radius 3 is 2.82 bits per heavy atom. The zero-order chi connectivity index (χ0) is 12.3. The fraction of sp³-hybridized carbons (Fsp3) is 0.167. The lowest BCUT2D eigenvalue weighted by atomic mass is 10.1. The van der Waals surface area contributed by atoms with Crippen LogP contribution in [-0.4, -0.2) is 12.6 Å². The van der Waals surface area contributed by atoms with Crippen molar-refractivity contribution in [1.82, 2.24) is 0 Å². The molecule has 0 bridgehead atoms. The number of hydrogen-bond donors (Lipinski definition) is 1. The third kappa shape index (κ3) is 2.29. The Balaban J connectivity index is 2.46. The van der Waals surface area contributed by atoms with Gasteiger partial charge in [-0.15, -0.1) is 11.3 Å². The van der Waals surface area contributed by atoms with Crippen molar-refractivity contribution >= 4 is 22.3 Å². The molecule has 2 aromatic heterocycles. The topological polar surface area (TPSA) is 66.5 Å². The second-order valence-corrected chi connectivity index (χ2v) is 4.31. The van der Waals surface area contributed by atoms with E-state index in [9.17, 15) is 4.79 Å². The zero-order valence-electron chi connectivity index (χ0n) is 9.40. The number of anilines is 1. The molecule has 17 heavy (non-hydrogen) atoms. The normalized spacial score (nSPS) is 10.2. The summed E-state index contributed by atoms with van der Waals surface area (Å²) in [4.78, 5) is 14.8. The molecule has 2 rings (SSSR count). The van der Waals surface area contributed by atoms with Crippen molar-refractivity contribution in [3.05, 3.63) is 35.5 Å². The number of thiophene rings is 1. The van der Waals surface area contributed by atoms with Gasteiger partial charge >= 0.3 is 5.97 Å². The Hall–Kier alpha value is -1.88. The van der Waals surface area contributed by atoms with Crippen molar-refractivity contribution in [2.75, 3.05) is 12.3 Å². The first-order valence-electron chi connectivity index (χ1n) is 5.24. The number of H-pyrrole nitrogens is 1. The maximum atomic E-state index is 11.8. The number of nitrogen functional groups attached to an aromatic ring is 1. The van der Waals surface area contributed by atoms with Gasteiger partial charge in [0.25, 0.3) is 0 Å². The number of rotatable bonds is 3. The molecule has 5 heteroatoms. The maximum absolute atomic E-state index is 11.8. The van der Waals surface area contributed by atoms with Crippen LogP contribution in [0.15, 0.2) is 29.9 Å². The van der Waals surface area contributed by atoms with E-state index in [-0.39, 0.29) is 5.97 Å². The molecule has 0 fully saturated rings. The molecule has 2 heterocycles. The molecule has 0 saturated heterocycles. The second kappa shape index (κ2) is 4.97. The molecule has 0 aliphatic rings. The summed E-state index contributed by atoms with van der Waals surface area (Å²) in [6.07, 6.45) is 3.61. The lowest BCUT2D eigenvalue weighted by molar-refractivity contribution is -0.377. The molecule has 4 nitrogen and oxygen atoms in total. The van der Waals surface area contributed by atoms with E-state index in [0.717, 1.165) is 11.1 Å². The largest absolute Gasteiger partial charge is 0.462 e. The molecule has 0 aromatic carbocycles. The molecular formula is C12H13N2O2S+. The van der Waals surface area contributed by atoms with E-state index >= 15 is 0 Å². The van der Waals surface area contributed by atoms with E-state index < -0.39 is 0 Å². The van der Waals surface area contributed by atoms with Gasteiger partial charge < -0.3 is 10.5 Å². The number of nitrogens with two attached hydrogens (primary N) is 1. The molecule has 0 spiro atoms. The van der Waals surface area contributed by atoms with Crippen molar-refractivity contribution in [3.63, 3.8) is 0 Å². The third-order valence-corrected chi connectivity index (χ3v) is 3.14. The van der Waals surface area contributed by atoms with Crippen molar-refractivity contribution < 1.29 is 14.5 Å². The van der Waals surface area contributed by atoms with E-state index in [1.165, 1.54) is 11.3 Å². The zero-order valence-corrected chi connectivity index (χ0v) is 10.2. The van der Waals surface area contributed by atoms with Gasteiger partial charge in [0.05, 0.1) is 6.61 Å². The van der Waals surface area contributed by atoms with Gasteiger partial charge in [-0.1, -0.05) is 0 Å². The number of carbonyl (C=O) groups excluding carboxylic acids is 1. The monoisotopic (exact) mass is 249 g/mol. The minimum atomic E-state index is -0.367. The molecule has 0 saturated carbocycles. The summed E-state index contributed by atoms with van der Waals surface area (Å²) in [5.41, 5.74) is 8.04. The maximum Gasteiger partial charge on any atom is 0.341 e. The Labute approximate surface area is 103 Å². The Morgan fingerprint density at radius 1 is 1.47 bits per heavy atom. The molecule has 0 unspecified atom stereocenters. The molecule has 88 valence electrons. The van der Waals surface area contributed by atoms with Crippen molar-refractivity contribution in [2.24, 2.45) is 0 Å². The van der Waals surface area contributed by atoms with Crippen LogP contribution in [0.3, 0.4) is 0 Å². The van der Waals surface area contributed by atoms with Gasteiger partial charge in [-0.3, -0.25) is 0 Å². The van der Waals surface area contributed by atoms with Crippen LogP contribution >= 0.6 is 11.3 Å². The molecule has 0 aliphatic heterocycles. The Kier molecular flexibility index (Phi) is 3.39. The summed E-state index contributed by atoms with van der Waals surface area (Å²) >= 11 is 1.35. The predicted octanol–water partition coefficient (Wildman–Crippen LogP) is 1.99. The first-order valence-corrected chi connectivity index (χ1v) is 6.12. The summed E-state index contributed by atoms with van der Waals surface area (Å²) in [6.45, 7) is 2.12. The molecule has 0 aliphatic carbocycles. The van der Waals surface area contributed by atoms with Gasteiger partial charge in [-0.2, -0.15) is 0 Å². The van der Waals surface area contributed by atoms with Crippen LogP contribution in [0.5, 0.6) is 0 Å². The van der Waals surface area contributed by atoms with Gasteiger partial charge in [-0.05, 0) is 12.5 Å². The SMILES string of the molecule is CCOC(=O)c1c(-c2cc[nH+]cc2)csc1N. The van der Waals surface area contributed by atoms with Gasteiger partial charge in [0.15, 0.2) is 12.4 Å². The number of carbonyl (C=O) groups is 1. The number of hydrogen-bond acceptors (Lipinski definition) is 4. The highest BCUT2D eigenvalue weighted by Crippen LogP contribution is 2.33. The molecule has 0 radical (unpaired) electrons. The smallest absolute Gasteiger partial charge is 0.341 e. The van der Waals surface area contributed by atoms with Gasteiger partial charge in [-0.25, -0.2) is 9.78 Å². The summed E-state index contributed by atoms with van der Waals surface area (Å²) in [6, 6.07) is 3.79. The van der Waals surface area contributed by atoms with Crippen LogP contribution < -0.4 is 10.7 Å². The van der Waals surface area contributed by atoms with Crippen molar-refractivity contribution in [1.29, 1.82) is 0 Å². The second-order valence-electron chi connectivity index (χ2n) is 3.40. The lowest BCUT2D eigenvalue weighted by Gasteiger charge is -2.04. The van der Waals surface area contributed by atoms with Gasteiger partial charge in [0.2, 0.25) is 0 Å². The summed E-state index contributed by atoms with van der Waals surface area (Å²) < 4.78 is 5.01.